The molecule has 10 nitrogen and oxygen atoms in total. The highest BCUT2D eigenvalue weighted by Crippen LogP contribution is 2.29. The van der Waals surface area contributed by atoms with Crippen LogP contribution in [-0.4, -0.2) is 29.5 Å². The summed E-state index contributed by atoms with van der Waals surface area (Å²) in [6, 6.07) is 31.6. The van der Waals surface area contributed by atoms with E-state index in [-0.39, 0.29) is 24.7 Å². The molecule has 1 saturated heterocycles. The fourth-order valence-electron chi connectivity index (χ4n) is 6.11. The van der Waals surface area contributed by atoms with Crippen molar-refractivity contribution in [3.8, 4) is 5.75 Å². The number of ether oxygens (including phenoxy) is 1. The number of amides is 2. The van der Waals surface area contributed by atoms with Gasteiger partial charge in [-0.05, 0) is 110 Å². The molecule has 0 aromatic heterocycles. The van der Waals surface area contributed by atoms with Crippen LogP contribution >= 0.6 is 0 Å². The van der Waals surface area contributed by atoms with Crippen molar-refractivity contribution < 1.29 is 24.2 Å². The molecule has 0 bridgehead atoms. The first kappa shape index (κ1) is 38.5. The van der Waals surface area contributed by atoms with E-state index in [1.807, 2.05) is 78.9 Å². The minimum absolute atomic E-state index is 0.176. The van der Waals surface area contributed by atoms with E-state index in [1.54, 1.807) is 31.2 Å². The van der Waals surface area contributed by atoms with Crippen LogP contribution in [0.3, 0.4) is 0 Å². The number of carboxylic acids is 1. The quantitative estimate of drug-likeness (QED) is 0.0421. The number of rotatable bonds is 20. The highest BCUT2D eigenvalue weighted by Gasteiger charge is 2.30. The summed E-state index contributed by atoms with van der Waals surface area (Å²) >= 11 is 0. The molecule has 274 valence electrons. The fourth-order valence-corrected chi connectivity index (χ4v) is 6.11. The summed E-state index contributed by atoms with van der Waals surface area (Å²) in [6.07, 6.45) is 11.3. The van der Waals surface area contributed by atoms with Crippen molar-refractivity contribution in [1.29, 1.82) is 0 Å². The molecule has 1 N–H and O–H groups in total. The van der Waals surface area contributed by atoms with Crippen molar-refractivity contribution >= 4 is 51.8 Å². The summed E-state index contributed by atoms with van der Waals surface area (Å²) < 4.78 is 5.91. The summed E-state index contributed by atoms with van der Waals surface area (Å²) in [6.45, 7) is 2.35. The van der Waals surface area contributed by atoms with Crippen LogP contribution in [0.15, 0.2) is 129 Å². The number of carboxylic acid groups (broad SMARTS) is 1. The molecule has 0 radical (unpaired) electrons. The number of hydrogen-bond donors (Lipinski definition) is 1. The lowest BCUT2D eigenvalue weighted by Crippen LogP contribution is -2.28. The van der Waals surface area contributed by atoms with E-state index in [0.717, 1.165) is 66.8 Å². The van der Waals surface area contributed by atoms with E-state index in [1.165, 1.54) is 30.6 Å². The number of nitrogens with zero attached hydrogens (tertiary/aromatic N) is 5. The van der Waals surface area contributed by atoms with E-state index in [0.29, 0.717) is 29.2 Å². The highest BCUT2D eigenvalue weighted by molar-refractivity contribution is 6.19. The van der Waals surface area contributed by atoms with Crippen LogP contribution in [0.25, 0.3) is 5.57 Å². The van der Waals surface area contributed by atoms with Gasteiger partial charge in [-0.3, -0.25) is 14.5 Å². The maximum absolute atomic E-state index is 11.9. The number of carbonyl (C=O) groups is 3. The summed E-state index contributed by atoms with van der Waals surface area (Å²) in [5, 5.41) is 26.8. The Kier molecular flexibility index (Phi) is 14.7. The zero-order valence-corrected chi connectivity index (χ0v) is 30.3. The highest BCUT2D eigenvalue weighted by atomic mass is 16.5. The molecular weight excluding hydrogens is 667 g/mol. The van der Waals surface area contributed by atoms with Crippen molar-refractivity contribution in [3.63, 3.8) is 0 Å². The van der Waals surface area contributed by atoms with Crippen molar-refractivity contribution in [2.75, 3.05) is 11.5 Å². The number of benzene rings is 4. The monoisotopic (exact) mass is 713 g/mol. The molecule has 10 heteroatoms. The van der Waals surface area contributed by atoms with E-state index in [9.17, 15) is 19.5 Å². The van der Waals surface area contributed by atoms with Crippen molar-refractivity contribution in [2.24, 2.45) is 20.5 Å². The minimum Gasteiger partial charge on any atom is -0.494 e. The zero-order valence-electron chi connectivity index (χ0n) is 30.3. The summed E-state index contributed by atoms with van der Waals surface area (Å²) in [4.78, 5) is 36.9. The Labute approximate surface area is 311 Å². The number of imide groups is 1. The molecule has 0 saturated carbocycles. The largest absolute Gasteiger partial charge is 0.494 e. The van der Waals surface area contributed by atoms with E-state index in [4.69, 9.17) is 4.74 Å². The molecule has 1 heterocycles. The van der Waals surface area contributed by atoms with Gasteiger partial charge in [0.1, 0.15) is 5.75 Å². The van der Waals surface area contributed by atoms with Gasteiger partial charge < -0.3 is 9.84 Å². The normalized spacial score (nSPS) is 13.6. The molecule has 0 aliphatic carbocycles. The molecule has 1 aliphatic heterocycles. The van der Waals surface area contributed by atoms with Crippen LogP contribution in [0.5, 0.6) is 5.75 Å². The van der Waals surface area contributed by atoms with Gasteiger partial charge in [-0.25, -0.2) is 4.79 Å². The Morgan fingerprint density at radius 1 is 0.604 bits per heavy atom. The van der Waals surface area contributed by atoms with Crippen LogP contribution in [-0.2, 0) is 14.4 Å². The molecule has 0 unspecified atom stereocenters. The number of hydrogen-bond acceptors (Lipinski definition) is 8. The van der Waals surface area contributed by atoms with Crippen LogP contribution in [0.1, 0.15) is 89.5 Å². The number of unbranched alkanes of at least 4 members (excludes halogenated alkanes) is 8. The SMILES string of the molecule is CC(C(=O)O)=C(CCCCCCCCCCCOc1ccc(N=Nc2ccc(N3C(=O)CCC3=O)cc2)cc1)c1ccc(/N=N/c2ccccc2)cc1. The standard InChI is InChI=1S/C43H47N5O5/c1-32(43(51)52)40(33-17-19-35(20-18-33)45-44-34-14-10-9-11-15-34)16-12-7-5-3-2-4-6-8-13-31-53-39-27-23-37(24-28-39)47-46-36-21-25-38(26-22-36)48-41(49)29-30-42(48)50/h9-11,14-15,17-28H,2-8,12-13,16,29-31H2,1H3,(H,51,52)/b40-32?,45-44+,47-46?. The predicted octanol–water partition coefficient (Wildman–Crippen LogP) is 12.0. The molecule has 1 fully saturated rings. The predicted molar refractivity (Wildman–Crippen MR) is 208 cm³/mol. The van der Waals surface area contributed by atoms with Crippen LogP contribution in [0.2, 0.25) is 0 Å². The summed E-state index contributed by atoms with van der Waals surface area (Å²) in [7, 11) is 0. The van der Waals surface area contributed by atoms with Gasteiger partial charge in [0.05, 0.1) is 35.0 Å². The van der Waals surface area contributed by atoms with Gasteiger partial charge in [0.15, 0.2) is 0 Å². The molecule has 4 aromatic rings. The third-order valence-corrected chi connectivity index (χ3v) is 9.14. The maximum Gasteiger partial charge on any atom is 0.331 e. The first-order valence-electron chi connectivity index (χ1n) is 18.5. The Balaban J connectivity index is 0.914. The Morgan fingerprint density at radius 3 is 1.58 bits per heavy atom. The topological polar surface area (TPSA) is 133 Å². The minimum atomic E-state index is -0.881. The number of aliphatic carboxylic acids is 1. The number of allylic oxidation sites excluding steroid dienone is 1. The van der Waals surface area contributed by atoms with Gasteiger partial charge in [0.2, 0.25) is 11.8 Å². The van der Waals surface area contributed by atoms with E-state index < -0.39 is 5.97 Å². The van der Waals surface area contributed by atoms with Gasteiger partial charge in [0, 0.05) is 18.4 Å². The second-order valence-electron chi connectivity index (χ2n) is 13.1. The number of carbonyl (C=O) groups excluding carboxylic acids is 2. The van der Waals surface area contributed by atoms with Gasteiger partial charge in [-0.15, -0.1) is 0 Å². The van der Waals surface area contributed by atoms with Crippen LogP contribution < -0.4 is 9.64 Å². The van der Waals surface area contributed by atoms with Crippen molar-refractivity contribution in [2.45, 2.75) is 84.0 Å². The molecule has 4 aromatic carbocycles. The van der Waals surface area contributed by atoms with E-state index >= 15 is 0 Å². The van der Waals surface area contributed by atoms with Gasteiger partial charge >= 0.3 is 5.97 Å². The molecular formula is C43H47N5O5. The lowest BCUT2D eigenvalue weighted by Gasteiger charge is -2.13. The maximum atomic E-state index is 11.9. The first-order valence-corrected chi connectivity index (χ1v) is 18.5. The second kappa shape index (κ2) is 20.3. The van der Waals surface area contributed by atoms with Crippen molar-refractivity contribution in [1.82, 2.24) is 0 Å². The Morgan fingerprint density at radius 2 is 1.06 bits per heavy atom. The molecule has 0 atom stereocenters. The summed E-state index contributed by atoms with van der Waals surface area (Å²) in [5.74, 6) is -0.434. The van der Waals surface area contributed by atoms with Gasteiger partial charge in [0.25, 0.3) is 0 Å². The Bertz CT molecular complexity index is 1870. The van der Waals surface area contributed by atoms with Crippen LogP contribution in [0, 0.1) is 0 Å². The third kappa shape index (κ3) is 12.2. The van der Waals surface area contributed by atoms with Gasteiger partial charge in [-0.2, -0.15) is 20.5 Å². The fraction of sp³-hybridized carbons (Fsp3) is 0.326. The molecule has 1 aliphatic rings. The summed E-state index contributed by atoms with van der Waals surface area (Å²) in [5.41, 5.74) is 5.59. The smallest absolute Gasteiger partial charge is 0.331 e. The average Bonchev–Trinajstić information content (AvgIpc) is 3.53. The molecule has 53 heavy (non-hydrogen) atoms. The average molecular weight is 714 g/mol. The molecule has 0 spiro atoms. The number of azo groups is 2. The third-order valence-electron chi connectivity index (χ3n) is 9.14. The van der Waals surface area contributed by atoms with E-state index in [2.05, 4.69) is 20.5 Å². The molecule has 2 amide bonds. The van der Waals surface area contributed by atoms with Gasteiger partial charge in [-0.1, -0.05) is 75.3 Å². The lowest BCUT2D eigenvalue weighted by molar-refractivity contribution is -0.132. The van der Waals surface area contributed by atoms with Crippen LogP contribution in [0.4, 0.5) is 28.4 Å². The lowest BCUT2D eigenvalue weighted by atomic mass is 9.94. The second-order valence-corrected chi connectivity index (χ2v) is 13.1. The number of anilines is 1. The van der Waals surface area contributed by atoms with Crippen molar-refractivity contribution in [3.05, 3.63) is 114 Å². The Hall–Kier alpha value is -5.77. The molecule has 5 rings (SSSR count). The zero-order chi connectivity index (χ0) is 37.3. The first-order chi connectivity index (χ1) is 25.9.